The highest BCUT2D eigenvalue weighted by molar-refractivity contribution is 7.89. The summed E-state index contributed by atoms with van der Waals surface area (Å²) in [5.74, 6) is 0.553. The molecule has 0 saturated carbocycles. The summed E-state index contributed by atoms with van der Waals surface area (Å²) >= 11 is 0. The number of carbonyl (C=O) groups excluding carboxylic acids is 1. The molecule has 1 fully saturated rings. The molecule has 1 unspecified atom stereocenters. The molecule has 146 valence electrons. The summed E-state index contributed by atoms with van der Waals surface area (Å²) in [6, 6.07) is 4.33. The molecule has 1 aromatic carbocycles. The minimum atomic E-state index is -3.84. The van der Waals surface area contributed by atoms with Gasteiger partial charge in [-0.1, -0.05) is 0 Å². The number of carbonyl (C=O) groups is 1. The van der Waals surface area contributed by atoms with Gasteiger partial charge in [0, 0.05) is 25.2 Å². The Hall–Kier alpha value is -1.84. The molecule has 8 nitrogen and oxygen atoms in total. The van der Waals surface area contributed by atoms with Crippen molar-refractivity contribution < 1.29 is 22.7 Å². The number of hydrogen-bond acceptors (Lipinski definition) is 6. The molecule has 1 amide bonds. The topological polar surface area (TPSA) is 111 Å². The van der Waals surface area contributed by atoms with Crippen LogP contribution in [0.2, 0.25) is 0 Å². The van der Waals surface area contributed by atoms with Crippen LogP contribution in [0.15, 0.2) is 23.1 Å². The summed E-state index contributed by atoms with van der Waals surface area (Å²) in [6.45, 7) is 5.22. The number of nitrogens with one attached hydrogen (secondary N) is 1. The van der Waals surface area contributed by atoms with Crippen LogP contribution in [0.4, 0.5) is 0 Å². The number of benzene rings is 1. The van der Waals surface area contributed by atoms with Crippen molar-refractivity contribution in [3.05, 3.63) is 18.2 Å². The Kier molecular flexibility index (Phi) is 7.24. The Balaban J connectivity index is 2.06. The van der Waals surface area contributed by atoms with Crippen LogP contribution in [0.1, 0.15) is 26.7 Å². The number of sulfonamides is 1. The van der Waals surface area contributed by atoms with Crippen molar-refractivity contribution in [2.45, 2.75) is 37.6 Å². The predicted molar refractivity (Wildman–Crippen MR) is 97.8 cm³/mol. The Morgan fingerprint density at radius 3 is 2.62 bits per heavy atom. The van der Waals surface area contributed by atoms with E-state index in [1.54, 1.807) is 17.9 Å². The minimum absolute atomic E-state index is 0.0209. The number of likely N-dealkylation sites (tertiary alicyclic amines) is 1. The molecular formula is C17H27N3O5S. The maximum absolute atomic E-state index is 12.5. The number of rotatable bonds is 8. The van der Waals surface area contributed by atoms with Crippen LogP contribution in [0.25, 0.3) is 0 Å². The average molecular weight is 385 g/mol. The molecule has 1 heterocycles. The van der Waals surface area contributed by atoms with Gasteiger partial charge in [0.2, 0.25) is 15.9 Å². The van der Waals surface area contributed by atoms with Crippen molar-refractivity contribution in [3.63, 3.8) is 0 Å². The lowest BCUT2D eigenvalue weighted by Crippen LogP contribution is -2.48. The number of amides is 1. The summed E-state index contributed by atoms with van der Waals surface area (Å²) in [6.07, 6.45) is 1.71. The fourth-order valence-electron chi connectivity index (χ4n) is 2.79. The molecule has 2 rings (SSSR count). The molecule has 0 aromatic heterocycles. The van der Waals surface area contributed by atoms with Crippen LogP contribution in [0.5, 0.6) is 11.5 Å². The van der Waals surface area contributed by atoms with E-state index >= 15 is 0 Å². The zero-order valence-electron chi connectivity index (χ0n) is 15.2. The number of piperidine rings is 1. The van der Waals surface area contributed by atoms with Gasteiger partial charge in [0.15, 0.2) is 11.5 Å². The first-order valence-corrected chi connectivity index (χ1v) is 10.3. The zero-order chi connectivity index (χ0) is 19.2. The maximum Gasteiger partial charge on any atom is 0.241 e. The Morgan fingerprint density at radius 2 is 1.96 bits per heavy atom. The highest BCUT2D eigenvalue weighted by atomic mass is 32.2. The molecule has 1 atom stereocenters. The molecule has 0 bridgehead atoms. The lowest BCUT2D eigenvalue weighted by atomic mass is 10.1. The number of nitrogens with two attached hydrogens (primary N) is 1. The molecule has 3 N–H and O–H groups in total. The molecule has 0 radical (unpaired) electrons. The third kappa shape index (κ3) is 5.33. The van der Waals surface area contributed by atoms with Crippen molar-refractivity contribution in [3.8, 4) is 11.5 Å². The van der Waals surface area contributed by atoms with E-state index in [0.29, 0.717) is 37.8 Å². The summed E-state index contributed by atoms with van der Waals surface area (Å²) in [4.78, 5) is 13.8. The van der Waals surface area contributed by atoms with E-state index in [2.05, 4.69) is 4.72 Å². The summed E-state index contributed by atoms with van der Waals surface area (Å²) in [5, 5.41) is 0. The van der Waals surface area contributed by atoms with Crippen LogP contribution in [0, 0.1) is 0 Å². The van der Waals surface area contributed by atoms with E-state index in [1.165, 1.54) is 12.1 Å². The zero-order valence-corrected chi connectivity index (χ0v) is 16.0. The van der Waals surface area contributed by atoms with Gasteiger partial charge in [0.05, 0.1) is 24.7 Å². The van der Waals surface area contributed by atoms with Gasteiger partial charge in [-0.15, -0.1) is 0 Å². The highest BCUT2D eigenvalue weighted by Crippen LogP contribution is 2.30. The first kappa shape index (κ1) is 20.5. The standard InChI is InChI=1S/C17H27N3O5S/c1-3-24-15-8-7-14(10-16(15)25-4-2)26(22,23)19-11-17(21)20-9-5-6-13(18)12-20/h7-8,10,13,19H,3-6,9,11-12,18H2,1-2H3. The van der Waals surface area contributed by atoms with E-state index in [4.69, 9.17) is 15.2 Å². The smallest absolute Gasteiger partial charge is 0.241 e. The van der Waals surface area contributed by atoms with Crippen molar-refractivity contribution in [2.24, 2.45) is 5.73 Å². The van der Waals surface area contributed by atoms with E-state index in [9.17, 15) is 13.2 Å². The molecule has 1 aliphatic rings. The van der Waals surface area contributed by atoms with E-state index in [1.807, 2.05) is 6.92 Å². The summed E-state index contributed by atoms with van der Waals surface area (Å²) in [5.41, 5.74) is 5.86. The Bertz CT molecular complexity index is 723. The monoisotopic (exact) mass is 385 g/mol. The summed E-state index contributed by atoms with van der Waals surface area (Å²) < 4.78 is 38.2. The molecule has 0 aliphatic carbocycles. The molecule has 1 saturated heterocycles. The van der Waals surface area contributed by atoms with E-state index in [0.717, 1.165) is 12.8 Å². The van der Waals surface area contributed by atoms with Gasteiger partial charge in [-0.05, 0) is 38.8 Å². The fraction of sp³-hybridized carbons (Fsp3) is 0.588. The van der Waals surface area contributed by atoms with Crippen LogP contribution >= 0.6 is 0 Å². The van der Waals surface area contributed by atoms with Gasteiger partial charge in [-0.3, -0.25) is 4.79 Å². The fourth-order valence-corrected chi connectivity index (χ4v) is 3.78. The van der Waals surface area contributed by atoms with Gasteiger partial charge in [-0.25, -0.2) is 13.1 Å². The van der Waals surface area contributed by atoms with Gasteiger partial charge in [-0.2, -0.15) is 0 Å². The van der Waals surface area contributed by atoms with Crippen molar-refractivity contribution >= 4 is 15.9 Å². The molecule has 1 aliphatic heterocycles. The van der Waals surface area contributed by atoms with Crippen molar-refractivity contribution in [2.75, 3.05) is 32.8 Å². The maximum atomic E-state index is 12.5. The highest BCUT2D eigenvalue weighted by Gasteiger charge is 2.23. The van der Waals surface area contributed by atoms with Crippen LogP contribution in [-0.2, 0) is 14.8 Å². The largest absolute Gasteiger partial charge is 0.490 e. The molecule has 9 heteroatoms. The lowest BCUT2D eigenvalue weighted by Gasteiger charge is -2.30. The quantitative estimate of drug-likeness (QED) is 0.682. The third-order valence-electron chi connectivity index (χ3n) is 4.05. The number of hydrogen-bond donors (Lipinski definition) is 2. The van der Waals surface area contributed by atoms with Gasteiger partial charge in [0.1, 0.15) is 0 Å². The normalized spacial score (nSPS) is 17.8. The molecule has 26 heavy (non-hydrogen) atoms. The average Bonchev–Trinajstić information content (AvgIpc) is 2.61. The van der Waals surface area contributed by atoms with Crippen LogP contribution in [-0.4, -0.2) is 58.1 Å². The number of ether oxygens (including phenoxy) is 2. The van der Waals surface area contributed by atoms with Crippen LogP contribution in [0.3, 0.4) is 0 Å². The second kappa shape index (κ2) is 9.20. The van der Waals surface area contributed by atoms with Crippen LogP contribution < -0.4 is 19.9 Å². The first-order valence-electron chi connectivity index (χ1n) is 8.80. The Morgan fingerprint density at radius 1 is 1.27 bits per heavy atom. The second-order valence-electron chi connectivity index (χ2n) is 6.04. The third-order valence-corrected chi connectivity index (χ3v) is 5.45. The van der Waals surface area contributed by atoms with Gasteiger partial charge >= 0.3 is 0 Å². The second-order valence-corrected chi connectivity index (χ2v) is 7.81. The van der Waals surface area contributed by atoms with Crippen molar-refractivity contribution in [1.82, 2.24) is 9.62 Å². The first-order chi connectivity index (χ1) is 12.4. The molecule has 0 spiro atoms. The minimum Gasteiger partial charge on any atom is -0.490 e. The summed E-state index contributed by atoms with van der Waals surface area (Å²) in [7, 11) is -3.84. The lowest BCUT2D eigenvalue weighted by molar-refractivity contribution is -0.131. The van der Waals surface area contributed by atoms with E-state index in [-0.39, 0.29) is 23.4 Å². The molecular weight excluding hydrogens is 358 g/mol. The SMILES string of the molecule is CCOc1ccc(S(=O)(=O)NCC(=O)N2CCCC(N)C2)cc1OCC. The Labute approximate surface area is 154 Å². The van der Waals surface area contributed by atoms with E-state index < -0.39 is 10.0 Å². The predicted octanol–water partition coefficient (Wildman–Crippen LogP) is 0.712. The van der Waals surface area contributed by atoms with Gasteiger partial charge in [0.25, 0.3) is 0 Å². The van der Waals surface area contributed by atoms with Gasteiger partial charge < -0.3 is 20.1 Å². The molecule has 1 aromatic rings. The number of nitrogens with zero attached hydrogens (tertiary/aromatic N) is 1. The van der Waals surface area contributed by atoms with Crippen molar-refractivity contribution in [1.29, 1.82) is 0 Å².